The molecular weight excluding hydrogens is 517 g/mol. The predicted molar refractivity (Wildman–Crippen MR) is 121 cm³/mol. The van der Waals surface area contributed by atoms with Crippen molar-refractivity contribution in [3.63, 3.8) is 0 Å². The van der Waals surface area contributed by atoms with Crippen LogP contribution >= 0.6 is 23.4 Å². The SMILES string of the molecule is CS(=O)(=O)NN1C(=O)S/C(=C\c2ccc3c(cnn3Cc3ccc(Cl)cc3C(F)(F)F)c2)C1=O. The van der Waals surface area contributed by atoms with Crippen LogP contribution in [0.25, 0.3) is 17.0 Å². The Morgan fingerprint density at radius 1 is 1.18 bits per heavy atom. The minimum absolute atomic E-state index is 0.00183. The van der Waals surface area contributed by atoms with Crippen molar-refractivity contribution in [2.45, 2.75) is 12.7 Å². The molecule has 0 saturated carbocycles. The number of nitrogens with zero attached hydrogens (tertiary/aromatic N) is 3. The van der Waals surface area contributed by atoms with Gasteiger partial charge in [0.15, 0.2) is 0 Å². The molecule has 0 unspecified atom stereocenters. The zero-order valence-electron chi connectivity index (χ0n) is 17.1. The molecule has 178 valence electrons. The van der Waals surface area contributed by atoms with Gasteiger partial charge < -0.3 is 0 Å². The molecule has 1 aliphatic heterocycles. The number of alkyl halides is 3. The fourth-order valence-corrected chi connectivity index (χ4v) is 4.81. The topological polar surface area (TPSA) is 101 Å². The van der Waals surface area contributed by atoms with Crippen LogP contribution in [0.2, 0.25) is 5.02 Å². The molecule has 1 aliphatic rings. The normalized spacial score (nSPS) is 16.3. The maximum Gasteiger partial charge on any atom is 0.416 e. The van der Waals surface area contributed by atoms with E-state index in [1.165, 1.54) is 29.1 Å². The Morgan fingerprint density at radius 2 is 1.91 bits per heavy atom. The van der Waals surface area contributed by atoms with E-state index in [9.17, 15) is 31.2 Å². The number of imide groups is 1. The number of benzene rings is 2. The minimum atomic E-state index is -4.58. The van der Waals surface area contributed by atoms with E-state index in [4.69, 9.17) is 11.6 Å². The zero-order chi connectivity index (χ0) is 24.8. The van der Waals surface area contributed by atoms with E-state index >= 15 is 0 Å². The quantitative estimate of drug-likeness (QED) is 0.495. The number of sulfonamides is 1. The third-order valence-electron chi connectivity index (χ3n) is 4.71. The lowest BCUT2D eigenvalue weighted by Gasteiger charge is -2.14. The Kier molecular flexibility index (Phi) is 6.23. The molecule has 2 amide bonds. The number of rotatable bonds is 5. The second kappa shape index (κ2) is 8.73. The summed E-state index contributed by atoms with van der Waals surface area (Å²) in [6.45, 7) is -0.148. The first kappa shape index (κ1) is 24.3. The van der Waals surface area contributed by atoms with Gasteiger partial charge in [0.2, 0.25) is 10.0 Å². The smallest absolute Gasteiger partial charge is 0.266 e. The number of hydrazine groups is 1. The molecule has 0 atom stereocenters. The van der Waals surface area contributed by atoms with Crippen LogP contribution in [0.1, 0.15) is 16.7 Å². The molecule has 0 radical (unpaired) electrons. The average molecular weight is 531 g/mol. The maximum absolute atomic E-state index is 13.4. The van der Waals surface area contributed by atoms with Gasteiger partial charge in [-0.15, -0.1) is 4.83 Å². The molecule has 1 saturated heterocycles. The number of fused-ring (bicyclic) bond motifs is 1. The molecule has 2 heterocycles. The molecule has 1 fully saturated rings. The summed E-state index contributed by atoms with van der Waals surface area (Å²) >= 11 is 6.30. The summed E-state index contributed by atoms with van der Waals surface area (Å²) in [5.41, 5.74) is 0.211. The first-order valence-corrected chi connectivity index (χ1v) is 12.5. The van der Waals surface area contributed by atoms with Crippen molar-refractivity contribution >= 4 is 61.5 Å². The standard InChI is InChI=1S/C20H14ClF3N4O4S2/c1-34(31,32)26-28-18(29)17(33-19(28)30)7-11-2-5-16-13(6-11)9-25-27(16)10-12-3-4-14(21)8-15(12)20(22,23)24/h2-9,26H,10H2,1H3/b17-7-. The van der Waals surface area contributed by atoms with Crippen LogP contribution in [0.3, 0.4) is 0 Å². The molecule has 0 bridgehead atoms. The fourth-order valence-electron chi connectivity index (χ4n) is 3.30. The van der Waals surface area contributed by atoms with Crippen LogP contribution in [0.5, 0.6) is 0 Å². The molecular formula is C20H14ClF3N4O4S2. The van der Waals surface area contributed by atoms with Crippen LogP contribution in [0.15, 0.2) is 47.5 Å². The average Bonchev–Trinajstić information content (AvgIpc) is 3.23. The number of carbonyl (C=O) groups excluding carboxylic acids is 2. The van der Waals surface area contributed by atoms with E-state index in [-0.39, 0.29) is 22.0 Å². The summed E-state index contributed by atoms with van der Waals surface area (Å²) in [7, 11) is -3.83. The van der Waals surface area contributed by atoms with Gasteiger partial charge >= 0.3 is 11.4 Å². The number of thioether (sulfide) groups is 1. The van der Waals surface area contributed by atoms with Gasteiger partial charge in [-0.25, -0.2) is 8.42 Å². The van der Waals surface area contributed by atoms with Crippen LogP contribution in [0.4, 0.5) is 18.0 Å². The summed E-state index contributed by atoms with van der Waals surface area (Å²) in [5, 5.41) is 4.35. The van der Waals surface area contributed by atoms with Crippen molar-refractivity contribution < 1.29 is 31.2 Å². The first-order chi connectivity index (χ1) is 15.8. The Labute approximate surface area is 200 Å². The van der Waals surface area contributed by atoms with Crippen molar-refractivity contribution in [1.82, 2.24) is 19.6 Å². The second-order valence-corrected chi connectivity index (χ2v) is 10.5. The molecule has 0 aliphatic carbocycles. The molecule has 3 aromatic rings. The van der Waals surface area contributed by atoms with Gasteiger partial charge in [-0.3, -0.25) is 14.3 Å². The lowest BCUT2D eigenvalue weighted by atomic mass is 10.1. The first-order valence-electron chi connectivity index (χ1n) is 9.38. The van der Waals surface area contributed by atoms with Gasteiger partial charge in [0, 0.05) is 10.4 Å². The Balaban J connectivity index is 1.62. The molecule has 4 rings (SSSR count). The van der Waals surface area contributed by atoms with Crippen LogP contribution in [-0.2, 0) is 27.5 Å². The van der Waals surface area contributed by atoms with Crippen LogP contribution in [0, 0.1) is 0 Å². The monoisotopic (exact) mass is 530 g/mol. The van der Waals surface area contributed by atoms with Crippen molar-refractivity contribution in [1.29, 1.82) is 0 Å². The third kappa shape index (κ3) is 5.12. The van der Waals surface area contributed by atoms with Crippen molar-refractivity contribution in [2.24, 2.45) is 0 Å². The summed E-state index contributed by atoms with van der Waals surface area (Å²) < 4.78 is 64.3. The predicted octanol–water partition coefficient (Wildman–Crippen LogP) is 4.26. The van der Waals surface area contributed by atoms with E-state index in [2.05, 4.69) is 5.10 Å². The minimum Gasteiger partial charge on any atom is -0.266 e. The van der Waals surface area contributed by atoms with Crippen molar-refractivity contribution in [3.05, 3.63) is 69.2 Å². The molecule has 0 spiro atoms. The Hall–Kier alpha value is -2.87. The molecule has 14 heteroatoms. The van der Waals surface area contributed by atoms with Gasteiger partial charge in [0.1, 0.15) is 0 Å². The number of hydrogen-bond donors (Lipinski definition) is 1. The summed E-state index contributed by atoms with van der Waals surface area (Å²) in [6.07, 6.45) is -0.891. The highest BCUT2D eigenvalue weighted by Gasteiger charge is 2.37. The van der Waals surface area contributed by atoms with Crippen LogP contribution < -0.4 is 4.83 Å². The Morgan fingerprint density at radius 3 is 2.59 bits per heavy atom. The zero-order valence-corrected chi connectivity index (χ0v) is 19.5. The van der Waals surface area contributed by atoms with Crippen LogP contribution in [-0.4, -0.2) is 40.6 Å². The van der Waals surface area contributed by atoms with E-state index < -0.39 is 32.9 Å². The number of nitrogens with one attached hydrogen (secondary N) is 1. The summed E-state index contributed by atoms with van der Waals surface area (Å²) in [5.74, 6) is -0.821. The maximum atomic E-state index is 13.4. The molecule has 1 N–H and O–H groups in total. The lowest BCUT2D eigenvalue weighted by Crippen LogP contribution is -2.44. The number of carbonyl (C=O) groups is 2. The van der Waals surface area contributed by atoms with E-state index in [0.29, 0.717) is 33.2 Å². The summed E-state index contributed by atoms with van der Waals surface area (Å²) in [6, 6.07) is 8.41. The highest BCUT2D eigenvalue weighted by molar-refractivity contribution is 8.18. The highest BCUT2D eigenvalue weighted by Crippen LogP contribution is 2.35. The van der Waals surface area contributed by atoms with E-state index in [0.717, 1.165) is 12.3 Å². The van der Waals surface area contributed by atoms with E-state index in [1.54, 1.807) is 18.2 Å². The van der Waals surface area contributed by atoms with Gasteiger partial charge in [-0.05, 0) is 53.2 Å². The second-order valence-electron chi connectivity index (χ2n) is 7.30. The number of hydrogen-bond acceptors (Lipinski definition) is 6. The summed E-state index contributed by atoms with van der Waals surface area (Å²) in [4.78, 5) is 26.2. The molecule has 2 aromatic carbocycles. The lowest BCUT2D eigenvalue weighted by molar-refractivity contribution is -0.138. The Bertz CT molecular complexity index is 1470. The molecule has 1 aromatic heterocycles. The van der Waals surface area contributed by atoms with Crippen molar-refractivity contribution in [2.75, 3.05) is 6.26 Å². The molecule has 8 nitrogen and oxygen atoms in total. The largest absolute Gasteiger partial charge is 0.416 e. The van der Waals surface area contributed by atoms with Gasteiger partial charge in [-0.2, -0.15) is 23.3 Å². The number of aromatic nitrogens is 2. The number of halogens is 4. The molecule has 34 heavy (non-hydrogen) atoms. The van der Waals surface area contributed by atoms with E-state index in [1.807, 2.05) is 4.83 Å². The van der Waals surface area contributed by atoms with Gasteiger partial charge in [-0.1, -0.05) is 23.7 Å². The number of amides is 2. The van der Waals surface area contributed by atoms with Gasteiger partial charge in [0.05, 0.1) is 35.0 Å². The van der Waals surface area contributed by atoms with Crippen molar-refractivity contribution in [3.8, 4) is 0 Å². The van der Waals surface area contributed by atoms with Gasteiger partial charge in [0.25, 0.3) is 5.91 Å². The third-order valence-corrected chi connectivity index (χ3v) is 6.33. The fraction of sp³-hybridized carbons (Fsp3) is 0.150. The highest BCUT2D eigenvalue weighted by atomic mass is 35.5.